The molecule has 0 aliphatic carbocycles. The number of ether oxygens (including phenoxy) is 2. The van der Waals surface area contributed by atoms with E-state index in [4.69, 9.17) is 9.47 Å². The summed E-state index contributed by atoms with van der Waals surface area (Å²) in [5.41, 5.74) is -0.300. The molecule has 1 amide bonds. The molecule has 0 bridgehead atoms. The van der Waals surface area contributed by atoms with Gasteiger partial charge in [-0.1, -0.05) is 12.1 Å². The van der Waals surface area contributed by atoms with E-state index >= 15 is 0 Å². The lowest BCUT2D eigenvalue weighted by Gasteiger charge is -2.46. The third-order valence-corrected chi connectivity index (χ3v) is 5.66. The molecule has 1 aromatic carbocycles. The summed E-state index contributed by atoms with van der Waals surface area (Å²) >= 11 is 0. The van der Waals surface area contributed by atoms with Crippen molar-refractivity contribution >= 4 is 5.91 Å². The molecule has 0 saturated carbocycles. The second-order valence-electron chi connectivity index (χ2n) is 7.55. The van der Waals surface area contributed by atoms with Crippen LogP contribution in [0.3, 0.4) is 0 Å². The Hall–Kier alpha value is -1.75. The van der Waals surface area contributed by atoms with Crippen LogP contribution in [0.5, 0.6) is 11.5 Å². The van der Waals surface area contributed by atoms with Crippen LogP contribution in [0.4, 0.5) is 0 Å². The van der Waals surface area contributed by atoms with Crippen LogP contribution in [0.1, 0.15) is 46.5 Å². The minimum absolute atomic E-state index is 0.274. The number of piperidine rings is 1. The van der Waals surface area contributed by atoms with E-state index in [1.807, 2.05) is 31.2 Å². The Morgan fingerprint density at radius 1 is 1.08 bits per heavy atom. The van der Waals surface area contributed by atoms with E-state index in [2.05, 4.69) is 23.6 Å². The molecule has 5 heteroatoms. The fourth-order valence-corrected chi connectivity index (χ4v) is 4.41. The van der Waals surface area contributed by atoms with Gasteiger partial charge in [-0.05, 0) is 65.1 Å². The molecule has 0 N–H and O–H groups in total. The largest absolute Gasteiger partial charge is 0.490 e. The topological polar surface area (TPSA) is 42.0 Å². The molecular weight excluding hydrogens is 328 g/mol. The molecule has 26 heavy (non-hydrogen) atoms. The fourth-order valence-electron chi connectivity index (χ4n) is 4.41. The number of benzene rings is 1. The van der Waals surface area contributed by atoms with Gasteiger partial charge in [0, 0.05) is 19.1 Å². The number of likely N-dealkylation sites (tertiary alicyclic amines) is 2. The molecule has 144 valence electrons. The van der Waals surface area contributed by atoms with Crippen LogP contribution in [-0.2, 0) is 4.79 Å². The van der Waals surface area contributed by atoms with E-state index in [1.165, 1.54) is 0 Å². The van der Waals surface area contributed by atoms with E-state index in [0.717, 1.165) is 56.8 Å². The SMILES string of the molecule is CCOc1ccccc1OCCN1CCCC12CCCN(C(C)C)C2=O. The molecule has 0 aromatic heterocycles. The van der Waals surface area contributed by atoms with Crippen molar-refractivity contribution in [2.75, 3.05) is 32.8 Å². The zero-order valence-corrected chi connectivity index (χ0v) is 16.4. The van der Waals surface area contributed by atoms with Crippen LogP contribution in [0.15, 0.2) is 24.3 Å². The van der Waals surface area contributed by atoms with Crippen LogP contribution in [0.2, 0.25) is 0 Å². The molecule has 2 heterocycles. The molecule has 1 aromatic rings. The van der Waals surface area contributed by atoms with Gasteiger partial charge in [0.1, 0.15) is 12.1 Å². The third-order valence-electron chi connectivity index (χ3n) is 5.66. The molecule has 1 atom stereocenters. The predicted octanol–water partition coefficient (Wildman–Crippen LogP) is 3.33. The maximum atomic E-state index is 13.2. The number of rotatable bonds is 7. The summed E-state index contributed by atoms with van der Waals surface area (Å²) in [4.78, 5) is 17.6. The molecule has 5 nitrogen and oxygen atoms in total. The van der Waals surface area contributed by atoms with E-state index < -0.39 is 0 Å². The van der Waals surface area contributed by atoms with Crippen LogP contribution < -0.4 is 9.47 Å². The van der Waals surface area contributed by atoms with Crippen LogP contribution in [0, 0.1) is 0 Å². The Bertz CT molecular complexity index is 619. The summed E-state index contributed by atoms with van der Waals surface area (Å²) in [6.07, 6.45) is 4.14. The maximum Gasteiger partial charge on any atom is 0.243 e. The lowest BCUT2D eigenvalue weighted by atomic mass is 9.85. The smallest absolute Gasteiger partial charge is 0.243 e. The molecule has 1 unspecified atom stereocenters. The van der Waals surface area contributed by atoms with Gasteiger partial charge in [-0.3, -0.25) is 9.69 Å². The first-order valence-electron chi connectivity index (χ1n) is 9.99. The first-order chi connectivity index (χ1) is 12.6. The molecule has 2 aliphatic heterocycles. The minimum atomic E-state index is -0.300. The second kappa shape index (κ2) is 8.30. The van der Waals surface area contributed by atoms with Crippen LogP contribution in [-0.4, -0.2) is 60.1 Å². The molecule has 3 rings (SSSR count). The average Bonchev–Trinajstić information content (AvgIpc) is 3.02. The van der Waals surface area contributed by atoms with Gasteiger partial charge < -0.3 is 14.4 Å². The molecule has 2 saturated heterocycles. The Labute approximate surface area is 157 Å². The van der Waals surface area contributed by atoms with E-state index in [0.29, 0.717) is 19.1 Å². The third kappa shape index (κ3) is 3.68. The van der Waals surface area contributed by atoms with Crippen molar-refractivity contribution in [3.05, 3.63) is 24.3 Å². The molecule has 2 aliphatic rings. The van der Waals surface area contributed by atoms with Gasteiger partial charge in [0.15, 0.2) is 11.5 Å². The number of para-hydroxylation sites is 2. The number of carbonyl (C=O) groups is 1. The zero-order valence-electron chi connectivity index (χ0n) is 16.4. The van der Waals surface area contributed by atoms with Gasteiger partial charge in [0.25, 0.3) is 0 Å². The average molecular weight is 360 g/mol. The Morgan fingerprint density at radius 3 is 2.38 bits per heavy atom. The molecule has 2 fully saturated rings. The Kier molecular flexibility index (Phi) is 6.07. The standard InChI is InChI=1S/C21H32N2O3/c1-4-25-18-9-5-6-10-19(18)26-16-15-22-13-7-11-21(22)12-8-14-23(17(2)3)20(21)24/h5-6,9-10,17H,4,7-8,11-16H2,1-3H3. The number of nitrogens with zero attached hydrogens (tertiary/aromatic N) is 2. The molecular formula is C21H32N2O3. The number of hydrogen-bond donors (Lipinski definition) is 0. The van der Waals surface area contributed by atoms with Crippen molar-refractivity contribution in [2.45, 2.75) is 58.0 Å². The monoisotopic (exact) mass is 360 g/mol. The van der Waals surface area contributed by atoms with Gasteiger partial charge >= 0.3 is 0 Å². The summed E-state index contributed by atoms with van der Waals surface area (Å²) in [7, 11) is 0. The Balaban J connectivity index is 1.64. The number of carbonyl (C=O) groups excluding carboxylic acids is 1. The summed E-state index contributed by atoms with van der Waals surface area (Å²) < 4.78 is 11.6. The van der Waals surface area contributed by atoms with Gasteiger partial charge in [0.2, 0.25) is 5.91 Å². The van der Waals surface area contributed by atoms with Gasteiger partial charge in [-0.2, -0.15) is 0 Å². The fraction of sp³-hybridized carbons (Fsp3) is 0.667. The first kappa shape index (κ1) is 19.0. The highest BCUT2D eigenvalue weighted by Gasteiger charge is 2.50. The summed E-state index contributed by atoms with van der Waals surface area (Å²) in [5.74, 6) is 1.89. The normalized spacial score (nSPS) is 23.8. The summed E-state index contributed by atoms with van der Waals surface area (Å²) in [6, 6.07) is 8.06. The second-order valence-corrected chi connectivity index (χ2v) is 7.55. The van der Waals surface area contributed by atoms with Crippen molar-refractivity contribution in [1.82, 2.24) is 9.80 Å². The van der Waals surface area contributed by atoms with Crippen molar-refractivity contribution in [1.29, 1.82) is 0 Å². The van der Waals surface area contributed by atoms with Gasteiger partial charge in [0.05, 0.1) is 6.61 Å². The number of hydrogen-bond acceptors (Lipinski definition) is 4. The van der Waals surface area contributed by atoms with Crippen molar-refractivity contribution in [3.63, 3.8) is 0 Å². The first-order valence-corrected chi connectivity index (χ1v) is 9.99. The lowest BCUT2D eigenvalue weighted by molar-refractivity contribution is -0.149. The van der Waals surface area contributed by atoms with E-state index in [1.54, 1.807) is 0 Å². The van der Waals surface area contributed by atoms with Crippen molar-refractivity contribution in [2.24, 2.45) is 0 Å². The summed E-state index contributed by atoms with van der Waals surface area (Å²) in [6.45, 7) is 10.0. The minimum Gasteiger partial charge on any atom is -0.490 e. The van der Waals surface area contributed by atoms with E-state index in [-0.39, 0.29) is 11.6 Å². The quantitative estimate of drug-likeness (QED) is 0.748. The van der Waals surface area contributed by atoms with Crippen molar-refractivity contribution < 1.29 is 14.3 Å². The highest BCUT2D eigenvalue weighted by atomic mass is 16.5. The molecule has 1 spiro atoms. The lowest BCUT2D eigenvalue weighted by Crippen LogP contribution is -2.61. The maximum absolute atomic E-state index is 13.2. The van der Waals surface area contributed by atoms with E-state index in [9.17, 15) is 4.79 Å². The highest BCUT2D eigenvalue weighted by Crippen LogP contribution is 2.38. The summed E-state index contributed by atoms with van der Waals surface area (Å²) in [5, 5.41) is 0. The molecule has 0 radical (unpaired) electrons. The van der Waals surface area contributed by atoms with Crippen LogP contribution >= 0.6 is 0 Å². The Morgan fingerprint density at radius 2 is 1.73 bits per heavy atom. The van der Waals surface area contributed by atoms with Gasteiger partial charge in [-0.15, -0.1) is 0 Å². The van der Waals surface area contributed by atoms with Crippen LogP contribution in [0.25, 0.3) is 0 Å². The van der Waals surface area contributed by atoms with Gasteiger partial charge in [-0.25, -0.2) is 0 Å². The number of amides is 1. The van der Waals surface area contributed by atoms with Crippen molar-refractivity contribution in [3.8, 4) is 11.5 Å². The predicted molar refractivity (Wildman–Crippen MR) is 103 cm³/mol. The highest BCUT2D eigenvalue weighted by molar-refractivity contribution is 5.87. The zero-order chi connectivity index (χ0) is 18.6.